The molecule has 3 aromatic rings. The molecule has 0 unspecified atom stereocenters. The third-order valence-electron chi connectivity index (χ3n) is 7.14. The van der Waals surface area contributed by atoms with Crippen molar-refractivity contribution in [1.82, 2.24) is 19.4 Å². The van der Waals surface area contributed by atoms with Crippen molar-refractivity contribution < 1.29 is 17.9 Å². The van der Waals surface area contributed by atoms with E-state index >= 15 is 0 Å². The van der Waals surface area contributed by atoms with E-state index in [2.05, 4.69) is 15.2 Å². The number of ether oxygens (including phenoxy) is 1. The highest BCUT2D eigenvalue weighted by Gasteiger charge is 2.30. The van der Waals surface area contributed by atoms with Gasteiger partial charge >= 0.3 is 6.18 Å². The van der Waals surface area contributed by atoms with Gasteiger partial charge in [0.2, 0.25) is 0 Å². The Kier molecular flexibility index (Phi) is 7.42. The number of aromatic nitrogens is 3. The van der Waals surface area contributed by atoms with Gasteiger partial charge in [0, 0.05) is 31.0 Å². The zero-order valence-electron chi connectivity index (χ0n) is 22.5. The summed E-state index contributed by atoms with van der Waals surface area (Å²) in [6.07, 6.45) is -2.64. The topological polar surface area (TPSA) is 67.6 Å². The molecule has 1 N–H and O–H groups in total. The largest absolute Gasteiger partial charge is 0.416 e. The van der Waals surface area contributed by atoms with Crippen LogP contribution in [0.4, 0.5) is 24.5 Å². The molecule has 1 aromatic heterocycles. The first-order chi connectivity index (χ1) is 19.8. The minimum absolute atomic E-state index is 0.577. The summed E-state index contributed by atoms with van der Waals surface area (Å²) in [5, 5.41) is 4.17. The number of hydrogen-bond donors (Lipinski definition) is 1. The van der Waals surface area contributed by atoms with Crippen LogP contribution in [0, 0.1) is 6.92 Å². The van der Waals surface area contributed by atoms with E-state index in [-0.39, 0.29) is 0 Å². The quantitative estimate of drug-likeness (QED) is 0.266. The molecule has 210 valence electrons. The van der Waals surface area contributed by atoms with Crippen LogP contribution in [0.1, 0.15) is 11.3 Å². The maximum absolute atomic E-state index is 13.3. The summed E-state index contributed by atoms with van der Waals surface area (Å²) in [5.41, 5.74) is 5.32. The van der Waals surface area contributed by atoms with Crippen molar-refractivity contribution in [2.45, 2.75) is 13.1 Å². The lowest BCUT2D eigenvalue weighted by Crippen LogP contribution is -2.38. The lowest BCUT2D eigenvalue weighted by Gasteiger charge is -2.25. The number of anilines is 2. The normalized spacial score (nSPS) is 15.1. The fraction of sp³-hybridized carbons (Fsp3) is 0.258. The second kappa shape index (κ2) is 11.3. The van der Waals surface area contributed by atoms with Gasteiger partial charge in [-0.15, -0.1) is 0 Å². The molecule has 3 aliphatic rings. The number of benzene rings is 3. The SMILES string of the molecule is Cc1ccc(Nc2cc3nc4ccccc4n(-c4ccc(C(F)(F)F)cc4)c-3cc2=NCCN2CCOCC2)cn1. The van der Waals surface area contributed by atoms with Crippen LogP contribution in [-0.4, -0.2) is 58.8 Å². The molecule has 0 radical (unpaired) electrons. The highest BCUT2D eigenvalue weighted by atomic mass is 19.4. The zero-order chi connectivity index (χ0) is 28.4. The van der Waals surface area contributed by atoms with E-state index in [0.29, 0.717) is 17.9 Å². The molecule has 1 fully saturated rings. The highest BCUT2D eigenvalue weighted by Crippen LogP contribution is 2.33. The van der Waals surface area contributed by atoms with Gasteiger partial charge in [-0.1, -0.05) is 12.1 Å². The van der Waals surface area contributed by atoms with Gasteiger partial charge in [0.15, 0.2) is 0 Å². The summed E-state index contributed by atoms with van der Waals surface area (Å²) in [4.78, 5) is 16.6. The zero-order valence-corrected chi connectivity index (χ0v) is 22.5. The number of morpholine rings is 1. The summed E-state index contributed by atoms with van der Waals surface area (Å²) < 4.78 is 47.4. The van der Waals surface area contributed by atoms with Gasteiger partial charge < -0.3 is 14.6 Å². The van der Waals surface area contributed by atoms with Crippen LogP contribution in [0.15, 0.2) is 84.0 Å². The lowest BCUT2D eigenvalue weighted by atomic mass is 10.1. The molecule has 2 aromatic carbocycles. The summed E-state index contributed by atoms with van der Waals surface area (Å²) in [6, 6.07) is 20.6. The number of nitrogens with zero attached hydrogens (tertiary/aromatic N) is 5. The van der Waals surface area contributed by atoms with Crippen molar-refractivity contribution >= 4 is 22.4 Å². The van der Waals surface area contributed by atoms with Gasteiger partial charge in [-0.2, -0.15) is 13.2 Å². The smallest absolute Gasteiger partial charge is 0.379 e. The first-order valence-corrected chi connectivity index (χ1v) is 13.5. The monoisotopic (exact) mass is 558 g/mol. The van der Waals surface area contributed by atoms with E-state index in [1.807, 2.05) is 60.0 Å². The Bertz CT molecular complexity index is 1690. The number of aryl methyl sites for hydroxylation is 1. The van der Waals surface area contributed by atoms with Crippen LogP contribution in [-0.2, 0) is 10.9 Å². The van der Waals surface area contributed by atoms with Crippen molar-refractivity contribution in [2.24, 2.45) is 4.99 Å². The Morgan fingerprint density at radius 1 is 0.976 bits per heavy atom. The first kappa shape index (κ1) is 26.9. The number of halogens is 3. The number of rotatable bonds is 6. The van der Waals surface area contributed by atoms with Crippen LogP contribution in [0.5, 0.6) is 0 Å². The van der Waals surface area contributed by atoms with Crippen LogP contribution < -0.4 is 10.7 Å². The van der Waals surface area contributed by atoms with Gasteiger partial charge in [0.25, 0.3) is 0 Å². The Labute approximate surface area is 235 Å². The molecule has 1 aliphatic carbocycles. The molecule has 7 nitrogen and oxygen atoms in total. The third-order valence-corrected chi connectivity index (χ3v) is 7.14. The summed E-state index contributed by atoms with van der Waals surface area (Å²) in [5.74, 6) is 0. The predicted molar refractivity (Wildman–Crippen MR) is 153 cm³/mol. The second-order valence-corrected chi connectivity index (χ2v) is 9.99. The molecular weight excluding hydrogens is 529 g/mol. The molecule has 10 heteroatoms. The van der Waals surface area contributed by atoms with E-state index in [1.165, 1.54) is 12.1 Å². The molecule has 41 heavy (non-hydrogen) atoms. The van der Waals surface area contributed by atoms with Gasteiger partial charge in [0.05, 0.1) is 70.7 Å². The van der Waals surface area contributed by atoms with Crippen LogP contribution in [0.25, 0.3) is 28.1 Å². The number of para-hydroxylation sites is 2. The Balaban J connectivity index is 1.50. The standard InChI is InChI=1S/C31H29F3N6O/c1-21-6-9-23(20-36-21)37-27-18-28-30(19-26(27)35-12-13-39-14-16-41-17-15-39)40(29-5-3-2-4-25(29)38-28)24-10-7-22(8-11-24)31(32,33)34/h2-11,18-20,37H,12-17H2,1H3. The van der Waals surface area contributed by atoms with Crippen molar-refractivity contribution in [3.8, 4) is 17.1 Å². The number of fused-ring (bicyclic) bond motifs is 2. The average Bonchev–Trinajstić information content (AvgIpc) is 2.97. The first-order valence-electron chi connectivity index (χ1n) is 13.5. The van der Waals surface area contributed by atoms with Crippen molar-refractivity contribution in [3.05, 3.63) is 95.6 Å². The summed E-state index contributed by atoms with van der Waals surface area (Å²) >= 11 is 0. The van der Waals surface area contributed by atoms with Crippen molar-refractivity contribution in [3.63, 3.8) is 0 Å². The molecule has 1 saturated heterocycles. The Morgan fingerprint density at radius 2 is 1.76 bits per heavy atom. The lowest BCUT2D eigenvalue weighted by molar-refractivity contribution is -0.137. The van der Waals surface area contributed by atoms with E-state index in [0.717, 1.165) is 84.1 Å². The van der Waals surface area contributed by atoms with Crippen molar-refractivity contribution in [2.75, 3.05) is 44.7 Å². The number of alkyl halides is 3. The summed E-state index contributed by atoms with van der Waals surface area (Å²) in [7, 11) is 0. The Morgan fingerprint density at radius 3 is 2.49 bits per heavy atom. The molecule has 3 heterocycles. The maximum Gasteiger partial charge on any atom is 0.416 e. The fourth-order valence-corrected chi connectivity index (χ4v) is 4.98. The highest BCUT2D eigenvalue weighted by molar-refractivity contribution is 5.84. The van der Waals surface area contributed by atoms with Gasteiger partial charge in [-0.05, 0) is 67.6 Å². The van der Waals surface area contributed by atoms with Crippen LogP contribution >= 0.6 is 0 Å². The predicted octanol–water partition coefficient (Wildman–Crippen LogP) is 5.83. The van der Waals surface area contributed by atoms with E-state index < -0.39 is 11.7 Å². The minimum Gasteiger partial charge on any atom is -0.379 e. The molecule has 0 atom stereocenters. The molecule has 0 spiro atoms. The van der Waals surface area contributed by atoms with Crippen LogP contribution in [0.3, 0.4) is 0 Å². The van der Waals surface area contributed by atoms with Crippen molar-refractivity contribution in [1.29, 1.82) is 0 Å². The van der Waals surface area contributed by atoms with E-state index in [4.69, 9.17) is 14.7 Å². The molecular formula is C31H29F3N6O. The average molecular weight is 559 g/mol. The van der Waals surface area contributed by atoms with E-state index in [9.17, 15) is 13.2 Å². The molecule has 0 amide bonds. The molecule has 6 rings (SSSR count). The molecule has 2 aliphatic heterocycles. The van der Waals surface area contributed by atoms with Gasteiger partial charge in [0.1, 0.15) is 0 Å². The second-order valence-electron chi connectivity index (χ2n) is 9.99. The minimum atomic E-state index is -4.41. The fourth-order valence-electron chi connectivity index (χ4n) is 4.98. The van der Waals surface area contributed by atoms with Gasteiger partial charge in [-0.3, -0.25) is 14.9 Å². The third kappa shape index (κ3) is 5.94. The number of hydrogen-bond acceptors (Lipinski definition) is 6. The maximum atomic E-state index is 13.3. The van der Waals surface area contributed by atoms with E-state index in [1.54, 1.807) is 6.20 Å². The van der Waals surface area contributed by atoms with Crippen LogP contribution in [0.2, 0.25) is 0 Å². The molecule has 0 saturated carbocycles. The molecule has 0 bridgehead atoms. The van der Waals surface area contributed by atoms with Gasteiger partial charge in [-0.25, -0.2) is 4.98 Å². The number of pyridine rings is 1. The Hall–Kier alpha value is -4.28. The summed E-state index contributed by atoms with van der Waals surface area (Å²) in [6.45, 7) is 6.48. The number of nitrogens with one attached hydrogen (secondary N) is 1.